The Balaban J connectivity index is 2.48. The van der Waals surface area contributed by atoms with Crippen LogP contribution >= 0.6 is 0 Å². The molecule has 1 atom stereocenters. The van der Waals surface area contributed by atoms with Gasteiger partial charge in [0.2, 0.25) is 5.91 Å². The van der Waals surface area contributed by atoms with Crippen LogP contribution in [0.4, 0.5) is 4.39 Å². The Labute approximate surface area is 124 Å². The van der Waals surface area contributed by atoms with Gasteiger partial charge in [0.15, 0.2) is 6.04 Å². The summed E-state index contributed by atoms with van der Waals surface area (Å²) in [7, 11) is 0. The standard InChI is InChI=1S/C16H22FNO3/c1-16(2,15(21)18-13(11-17)14(19)20)10-6-9-12-7-4-3-5-8-12/h3-5,7-8,13H,6,9-11H2,1-2H3,(H,18,21)(H,19,20). The third-order valence-electron chi connectivity index (χ3n) is 3.48. The number of aliphatic carboxylic acids is 1. The predicted molar refractivity (Wildman–Crippen MR) is 78.7 cm³/mol. The fourth-order valence-corrected chi connectivity index (χ4v) is 2.01. The maximum atomic E-state index is 12.5. The number of alkyl halides is 1. The van der Waals surface area contributed by atoms with Gasteiger partial charge in [0.1, 0.15) is 6.67 Å². The number of hydrogen-bond acceptors (Lipinski definition) is 2. The fraction of sp³-hybridized carbons (Fsp3) is 0.500. The van der Waals surface area contributed by atoms with Gasteiger partial charge in [0, 0.05) is 5.41 Å². The molecule has 0 aliphatic carbocycles. The van der Waals surface area contributed by atoms with E-state index >= 15 is 0 Å². The van der Waals surface area contributed by atoms with E-state index in [2.05, 4.69) is 5.32 Å². The molecule has 1 aromatic rings. The number of aryl methyl sites for hydroxylation is 1. The summed E-state index contributed by atoms with van der Waals surface area (Å²) in [6.07, 6.45) is 2.26. The Morgan fingerprint density at radius 1 is 1.29 bits per heavy atom. The van der Waals surface area contributed by atoms with Gasteiger partial charge < -0.3 is 10.4 Å². The maximum Gasteiger partial charge on any atom is 0.328 e. The monoisotopic (exact) mass is 295 g/mol. The second kappa shape index (κ2) is 7.76. The molecule has 0 aliphatic heterocycles. The van der Waals surface area contributed by atoms with Crippen LogP contribution in [0.1, 0.15) is 32.3 Å². The molecule has 0 spiro atoms. The summed E-state index contributed by atoms with van der Waals surface area (Å²) in [6, 6.07) is 8.46. The van der Waals surface area contributed by atoms with E-state index in [0.717, 1.165) is 12.8 Å². The highest BCUT2D eigenvalue weighted by Crippen LogP contribution is 2.24. The third-order valence-corrected chi connectivity index (χ3v) is 3.48. The van der Waals surface area contributed by atoms with E-state index in [1.807, 2.05) is 30.3 Å². The number of carbonyl (C=O) groups is 2. The molecule has 0 saturated carbocycles. The van der Waals surface area contributed by atoms with E-state index in [4.69, 9.17) is 5.11 Å². The molecule has 1 unspecified atom stereocenters. The molecule has 116 valence electrons. The van der Waals surface area contributed by atoms with Gasteiger partial charge in [-0.3, -0.25) is 4.79 Å². The molecule has 0 aromatic heterocycles. The Kier molecular flexibility index (Phi) is 6.34. The van der Waals surface area contributed by atoms with E-state index < -0.39 is 30.0 Å². The van der Waals surface area contributed by atoms with Crippen molar-refractivity contribution < 1.29 is 19.1 Å². The minimum atomic E-state index is -1.47. The summed E-state index contributed by atoms with van der Waals surface area (Å²) in [5.41, 5.74) is 0.471. The van der Waals surface area contributed by atoms with Crippen molar-refractivity contribution in [1.29, 1.82) is 0 Å². The van der Waals surface area contributed by atoms with Crippen molar-refractivity contribution >= 4 is 11.9 Å². The fourth-order valence-electron chi connectivity index (χ4n) is 2.01. The highest BCUT2D eigenvalue weighted by Gasteiger charge is 2.30. The van der Waals surface area contributed by atoms with Crippen molar-refractivity contribution in [2.75, 3.05) is 6.67 Å². The molecule has 0 aliphatic rings. The second-order valence-corrected chi connectivity index (χ2v) is 5.74. The number of hydrogen-bond donors (Lipinski definition) is 2. The molecule has 0 radical (unpaired) electrons. The summed E-state index contributed by atoms with van der Waals surface area (Å²) in [5.74, 6) is -1.79. The maximum absolute atomic E-state index is 12.5. The zero-order valence-electron chi connectivity index (χ0n) is 12.4. The number of carboxylic acids is 1. The Morgan fingerprint density at radius 2 is 1.90 bits per heavy atom. The number of halogens is 1. The first-order chi connectivity index (χ1) is 9.86. The Hall–Kier alpha value is -1.91. The van der Waals surface area contributed by atoms with Crippen molar-refractivity contribution in [2.45, 2.75) is 39.2 Å². The van der Waals surface area contributed by atoms with Crippen LogP contribution in [0.15, 0.2) is 30.3 Å². The Bertz CT molecular complexity index is 474. The largest absolute Gasteiger partial charge is 0.480 e. The van der Waals surface area contributed by atoms with Gasteiger partial charge in [-0.15, -0.1) is 0 Å². The van der Waals surface area contributed by atoms with Crippen LogP contribution < -0.4 is 5.32 Å². The first kappa shape index (κ1) is 17.1. The van der Waals surface area contributed by atoms with Crippen LogP contribution in [0.5, 0.6) is 0 Å². The smallest absolute Gasteiger partial charge is 0.328 e. The van der Waals surface area contributed by atoms with Crippen LogP contribution in [0, 0.1) is 5.41 Å². The van der Waals surface area contributed by atoms with Crippen LogP contribution in [-0.2, 0) is 16.0 Å². The van der Waals surface area contributed by atoms with Crippen LogP contribution in [0.3, 0.4) is 0 Å². The van der Waals surface area contributed by atoms with Crippen molar-refractivity contribution in [1.82, 2.24) is 5.32 Å². The third kappa shape index (κ3) is 5.53. The number of nitrogens with one attached hydrogen (secondary N) is 1. The summed E-state index contributed by atoms with van der Waals surface area (Å²) in [4.78, 5) is 22.8. The Morgan fingerprint density at radius 3 is 2.43 bits per heavy atom. The lowest BCUT2D eigenvalue weighted by molar-refractivity contribution is -0.144. The van der Waals surface area contributed by atoms with Gasteiger partial charge in [-0.1, -0.05) is 44.2 Å². The van der Waals surface area contributed by atoms with E-state index in [1.165, 1.54) is 5.56 Å². The summed E-state index contributed by atoms with van der Waals surface area (Å²) < 4.78 is 12.5. The average molecular weight is 295 g/mol. The molecule has 0 heterocycles. The van der Waals surface area contributed by atoms with Gasteiger partial charge in [0.05, 0.1) is 0 Å². The quantitative estimate of drug-likeness (QED) is 0.774. The molecular weight excluding hydrogens is 273 g/mol. The van der Waals surface area contributed by atoms with Crippen molar-refractivity contribution in [3.8, 4) is 0 Å². The van der Waals surface area contributed by atoms with Gasteiger partial charge in [-0.25, -0.2) is 9.18 Å². The highest BCUT2D eigenvalue weighted by atomic mass is 19.1. The van der Waals surface area contributed by atoms with Crippen LogP contribution in [0.25, 0.3) is 0 Å². The molecular formula is C16H22FNO3. The molecule has 0 fully saturated rings. The van der Waals surface area contributed by atoms with Gasteiger partial charge in [0.25, 0.3) is 0 Å². The van der Waals surface area contributed by atoms with Crippen LogP contribution in [0.2, 0.25) is 0 Å². The SMILES string of the molecule is CC(C)(CCCc1ccccc1)C(=O)NC(CF)C(=O)O. The molecule has 2 N–H and O–H groups in total. The second-order valence-electron chi connectivity index (χ2n) is 5.74. The van der Waals surface area contributed by atoms with Crippen molar-refractivity contribution in [3.63, 3.8) is 0 Å². The van der Waals surface area contributed by atoms with Gasteiger partial charge >= 0.3 is 5.97 Å². The molecule has 1 aromatic carbocycles. The number of benzene rings is 1. The topological polar surface area (TPSA) is 66.4 Å². The van der Waals surface area contributed by atoms with Gasteiger partial charge in [-0.05, 0) is 24.8 Å². The summed E-state index contributed by atoms with van der Waals surface area (Å²) >= 11 is 0. The van der Waals surface area contributed by atoms with E-state index in [0.29, 0.717) is 6.42 Å². The summed E-state index contributed by atoms with van der Waals surface area (Å²) in [6.45, 7) is 2.37. The lowest BCUT2D eigenvalue weighted by Gasteiger charge is -2.25. The molecule has 1 amide bonds. The molecule has 0 bridgehead atoms. The minimum Gasteiger partial charge on any atom is -0.480 e. The predicted octanol–water partition coefficient (Wildman–Crippen LogP) is 2.57. The van der Waals surface area contributed by atoms with Gasteiger partial charge in [-0.2, -0.15) is 0 Å². The zero-order valence-corrected chi connectivity index (χ0v) is 12.4. The van der Waals surface area contributed by atoms with Crippen molar-refractivity contribution in [2.24, 2.45) is 5.41 Å². The molecule has 5 heteroatoms. The first-order valence-electron chi connectivity index (χ1n) is 7.00. The van der Waals surface area contributed by atoms with Crippen molar-refractivity contribution in [3.05, 3.63) is 35.9 Å². The van der Waals surface area contributed by atoms with E-state index in [-0.39, 0.29) is 0 Å². The van der Waals surface area contributed by atoms with E-state index in [1.54, 1.807) is 13.8 Å². The molecule has 0 saturated heterocycles. The number of carbonyl (C=O) groups excluding carboxylic acids is 1. The molecule has 1 rings (SSSR count). The number of amides is 1. The molecule has 4 nitrogen and oxygen atoms in total. The lowest BCUT2D eigenvalue weighted by atomic mass is 9.85. The minimum absolute atomic E-state index is 0.430. The summed E-state index contributed by atoms with van der Waals surface area (Å²) in [5, 5.41) is 11.0. The number of rotatable bonds is 8. The molecule has 21 heavy (non-hydrogen) atoms. The normalized spacial score (nSPS) is 12.7. The van der Waals surface area contributed by atoms with E-state index in [9.17, 15) is 14.0 Å². The lowest BCUT2D eigenvalue weighted by Crippen LogP contribution is -2.47. The zero-order chi connectivity index (χ0) is 15.9. The first-order valence-corrected chi connectivity index (χ1v) is 7.00. The highest BCUT2D eigenvalue weighted by molar-refractivity contribution is 5.86. The number of carboxylic acid groups (broad SMARTS) is 1. The average Bonchev–Trinajstić information content (AvgIpc) is 2.45. The van der Waals surface area contributed by atoms with Crippen LogP contribution in [-0.4, -0.2) is 29.7 Å².